The number of rotatable bonds is 3. The van der Waals surface area contributed by atoms with Crippen molar-refractivity contribution in [3.63, 3.8) is 0 Å². The molecule has 0 saturated carbocycles. The summed E-state index contributed by atoms with van der Waals surface area (Å²) >= 11 is 3.54. The highest BCUT2D eigenvalue weighted by Crippen LogP contribution is 2.34. The predicted molar refractivity (Wildman–Crippen MR) is 74.6 cm³/mol. The summed E-state index contributed by atoms with van der Waals surface area (Å²) in [5, 5.41) is 15.6. The Morgan fingerprint density at radius 2 is 2.16 bits per heavy atom. The van der Waals surface area contributed by atoms with Gasteiger partial charge in [0.25, 0.3) is 0 Å². The van der Waals surface area contributed by atoms with Crippen LogP contribution in [0, 0.1) is 0 Å². The lowest BCUT2D eigenvalue weighted by Crippen LogP contribution is -1.98. The number of fused-ring (bicyclic) bond motifs is 1. The summed E-state index contributed by atoms with van der Waals surface area (Å²) in [5.41, 5.74) is 6.50. The van der Waals surface area contributed by atoms with E-state index in [2.05, 4.69) is 36.6 Å². The fraction of sp³-hybridized carbons (Fsp3) is 0.0833. The van der Waals surface area contributed by atoms with Crippen LogP contribution in [0.2, 0.25) is 0 Å². The molecule has 0 atom stereocenters. The van der Waals surface area contributed by atoms with E-state index < -0.39 is 0 Å². The highest BCUT2D eigenvalue weighted by atomic mass is 79.9. The summed E-state index contributed by atoms with van der Waals surface area (Å²) in [5.74, 6) is 1.23. The zero-order valence-corrected chi connectivity index (χ0v) is 11.4. The maximum absolute atomic E-state index is 5.76. The van der Waals surface area contributed by atoms with Gasteiger partial charge in [0, 0.05) is 5.69 Å². The molecular weight excluding hydrogens is 310 g/mol. The first-order valence-electron chi connectivity index (χ1n) is 5.57. The third kappa shape index (κ3) is 2.37. The number of tetrazole rings is 1. The minimum atomic E-state index is 0.260. The number of hydrogen-bond acceptors (Lipinski definition) is 5. The van der Waals surface area contributed by atoms with Crippen LogP contribution in [0.25, 0.3) is 10.8 Å². The fourth-order valence-electron chi connectivity index (χ4n) is 1.79. The van der Waals surface area contributed by atoms with Gasteiger partial charge in [-0.3, -0.25) is 0 Å². The molecule has 0 spiro atoms. The molecule has 6 nitrogen and oxygen atoms in total. The number of hydrogen-bond donors (Lipinski definition) is 2. The Hall–Kier alpha value is -2.15. The minimum absolute atomic E-state index is 0.260. The summed E-state index contributed by atoms with van der Waals surface area (Å²) < 4.78 is 6.54. The first kappa shape index (κ1) is 11.9. The highest BCUT2D eigenvalue weighted by molar-refractivity contribution is 9.10. The molecule has 0 saturated heterocycles. The van der Waals surface area contributed by atoms with Crippen LogP contribution in [0.15, 0.2) is 34.8 Å². The lowest BCUT2D eigenvalue weighted by Gasteiger charge is -2.09. The smallest absolute Gasteiger partial charge is 0.211 e. The maximum atomic E-state index is 5.76. The van der Waals surface area contributed by atoms with Gasteiger partial charge in [-0.05, 0) is 44.9 Å². The number of ether oxygens (including phenoxy) is 1. The molecule has 0 unspecified atom stereocenters. The Bertz CT molecular complexity index is 713. The van der Waals surface area contributed by atoms with Crippen LogP contribution < -0.4 is 10.5 Å². The molecule has 1 heterocycles. The van der Waals surface area contributed by atoms with Crippen LogP contribution in [0.1, 0.15) is 5.82 Å². The molecule has 7 heteroatoms. The van der Waals surface area contributed by atoms with E-state index in [-0.39, 0.29) is 6.61 Å². The first-order chi connectivity index (χ1) is 9.24. The van der Waals surface area contributed by atoms with Gasteiger partial charge in [-0.25, -0.2) is 0 Å². The van der Waals surface area contributed by atoms with Gasteiger partial charge in [0.05, 0.1) is 4.47 Å². The Morgan fingerprint density at radius 3 is 2.95 bits per heavy atom. The zero-order valence-electron chi connectivity index (χ0n) is 9.80. The number of H-pyrrole nitrogens is 1. The van der Waals surface area contributed by atoms with Gasteiger partial charge >= 0.3 is 0 Å². The number of benzene rings is 2. The van der Waals surface area contributed by atoms with E-state index in [1.54, 1.807) is 0 Å². The van der Waals surface area contributed by atoms with Crippen molar-refractivity contribution in [2.45, 2.75) is 6.61 Å². The molecule has 2 aromatic carbocycles. The first-order valence-corrected chi connectivity index (χ1v) is 6.36. The van der Waals surface area contributed by atoms with E-state index >= 15 is 0 Å². The van der Waals surface area contributed by atoms with Crippen LogP contribution in [-0.4, -0.2) is 20.6 Å². The summed E-state index contributed by atoms with van der Waals surface area (Å²) in [6, 6.07) is 9.57. The molecule has 19 heavy (non-hydrogen) atoms. The average molecular weight is 320 g/mol. The number of nitrogen functional groups attached to an aromatic ring is 1. The number of nitrogens with zero attached hydrogens (tertiary/aromatic N) is 3. The van der Waals surface area contributed by atoms with Gasteiger partial charge in [-0.2, -0.15) is 5.21 Å². The number of nitrogens with two attached hydrogens (primary N) is 1. The zero-order chi connectivity index (χ0) is 13.2. The molecule has 3 N–H and O–H groups in total. The molecule has 0 fully saturated rings. The van der Waals surface area contributed by atoms with E-state index in [1.807, 2.05) is 30.3 Å². The highest BCUT2D eigenvalue weighted by Gasteiger charge is 2.08. The molecule has 3 rings (SSSR count). The second-order valence-corrected chi connectivity index (χ2v) is 4.77. The van der Waals surface area contributed by atoms with E-state index in [4.69, 9.17) is 10.5 Å². The third-order valence-electron chi connectivity index (χ3n) is 2.69. The number of halogens is 1. The van der Waals surface area contributed by atoms with E-state index in [0.717, 1.165) is 26.7 Å². The number of aromatic nitrogens is 4. The van der Waals surface area contributed by atoms with Gasteiger partial charge in [-0.1, -0.05) is 17.3 Å². The Kier molecular flexibility index (Phi) is 3.04. The lowest BCUT2D eigenvalue weighted by molar-refractivity contribution is 0.294. The lowest BCUT2D eigenvalue weighted by atomic mass is 10.1. The van der Waals surface area contributed by atoms with Crippen molar-refractivity contribution in [3.05, 3.63) is 40.6 Å². The molecule has 3 aromatic rings. The molecule has 1 aromatic heterocycles. The van der Waals surface area contributed by atoms with Crippen molar-refractivity contribution in [1.82, 2.24) is 20.6 Å². The Balaban J connectivity index is 1.92. The fourth-order valence-corrected chi connectivity index (χ4v) is 2.40. The molecule has 0 aliphatic heterocycles. The molecule has 0 amide bonds. The van der Waals surface area contributed by atoms with Crippen LogP contribution in [0.3, 0.4) is 0 Å². The van der Waals surface area contributed by atoms with Crippen molar-refractivity contribution in [1.29, 1.82) is 0 Å². The van der Waals surface area contributed by atoms with Crippen molar-refractivity contribution in [3.8, 4) is 5.75 Å². The third-order valence-corrected chi connectivity index (χ3v) is 3.51. The van der Waals surface area contributed by atoms with E-state index in [0.29, 0.717) is 5.82 Å². The molecule has 0 aliphatic carbocycles. The SMILES string of the molecule is Nc1ccc2c(Br)c(OCc3nn[nH]n3)ccc2c1. The Labute approximate surface area is 117 Å². The van der Waals surface area contributed by atoms with Gasteiger partial charge in [-0.15, -0.1) is 10.2 Å². The molecule has 0 bridgehead atoms. The summed E-state index contributed by atoms with van der Waals surface area (Å²) in [7, 11) is 0. The minimum Gasteiger partial charge on any atom is -0.484 e. The number of aromatic amines is 1. The summed E-state index contributed by atoms with van der Waals surface area (Å²) in [6.45, 7) is 0.260. The van der Waals surface area contributed by atoms with Gasteiger partial charge in [0.2, 0.25) is 5.82 Å². The number of anilines is 1. The quantitative estimate of drug-likeness (QED) is 0.723. The summed E-state index contributed by atoms with van der Waals surface area (Å²) in [4.78, 5) is 0. The van der Waals surface area contributed by atoms with Crippen molar-refractivity contribution < 1.29 is 4.74 Å². The van der Waals surface area contributed by atoms with Gasteiger partial charge in [0.1, 0.15) is 5.75 Å². The van der Waals surface area contributed by atoms with Crippen LogP contribution in [-0.2, 0) is 6.61 Å². The largest absolute Gasteiger partial charge is 0.484 e. The molecule has 96 valence electrons. The molecular formula is C12H10BrN5O. The second kappa shape index (κ2) is 4.85. The molecule has 0 radical (unpaired) electrons. The van der Waals surface area contributed by atoms with Crippen molar-refractivity contribution >= 4 is 32.4 Å². The normalized spacial score (nSPS) is 10.8. The Morgan fingerprint density at radius 1 is 1.26 bits per heavy atom. The monoisotopic (exact) mass is 319 g/mol. The van der Waals surface area contributed by atoms with Gasteiger partial charge in [0.15, 0.2) is 6.61 Å². The second-order valence-electron chi connectivity index (χ2n) is 3.97. The summed E-state index contributed by atoms with van der Waals surface area (Å²) in [6.07, 6.45) is 0. The molecule has 0 aliphatic rings. The van der Waals surface area contributed by atoms with E-state index in [9.17, 15) is 0 Å². The van der Waals surface area contributed by atoms with Crippen LogP contribution in [0.4, 0.5) is 5.69 Å². The average Bonchev–Trinajstić information content (AvgIpc) is 2.91. The standard InChI is InChI=1S/C12H10BrN5O/c13-12-9-3-2-8(14)5-7(9)1-4-10(12)19-6-11-15-17-18-16-11/h1-5H,6,14H2,(H,15,16,17,18). The van der Waals surface area contributed by atoms with Crippen molar-refractivity contribution in [2.75, 3.05) is 5.73 Å². The van der Waals surface area contributed by atoms with Crippen LogP contribution in [0.5, 0.6) is 5.75 Å². The maximum Gasteiger partial charge on any atom is 0.211 e. The number of nitrogens with one attached hydrogen (secondary N) is 1. The van der Waals surface area contributed by atoms with Crippen LogP contribution >= 0.6 is 15.9 Å². The van der Waals surface area contributed by atoms with Gasteiger partial charge < -0.3 is 10.5 Å². The van der Waals surface area contributed by atoms with E-state index in [1.165, 1.54) is 0 Å². The topological polar surface area (TPSA) is 89.7 Å². The van der Waals surface area contributed by atoms with Crippen molar-refractivity contribution in [2.24, 2.45) is 0 Å². The predicted octanol–water partition coefficient (Wildman–Crippen LogP) is 2.28.